The number of pyridine rings is 1. The number of halogens is 3. The first kappa shape index (κ1) is 21.0. The Hall–Kier alpha value is -3.20. The van der Waals surface area contributed by atoms with Gasteiger partial charge in [-0.25, -0.2) is 15.0 Å². The van der Waals surface area contributed by atoms with Crippen LogP contribution < -0.4 is 0 Å². The van der Waals surface area contributed by atoms with E-state index in [1.807, 2.05) is 36.6 Å². The topological polar surface area (TPSA) is 60.7 Å². The summed E-state index contributed by atoms with van der Waals surface area (Å²) in [7, 11) is 0. The smallest absolute Gasteiger partial charge is 0.302 e. The van der Waals surface area contributed by atoms with Gasteiger partial charge in [-0.3, -0.25) is 4.79 Å². The van der Waals surface area contributed by atoms with Gasteiger partial charge in [0.15, 0.2) is 5.78 Å². The minimum Gasteiger partial charge on any atom is -0.302 e. The van der Waals surface area contributed by atoms with Crippen molar-refractivity contribution in [2.75, 3.05) is 5.75 Å². The number of hydrogen-bond donors (Lipinski definition) is 0. The van der Waals surface area contributed by atoms with Crippen LogP contribution in [0.3, 0.4) is 0 Å². The molecule has 0 saturated carbocycles. The fourth-order valence-electron chi connectivity index (χ4n) is 3.38. The van der Waals surface area contributed by atoms with Crippen molar-refractivity contribution < 1.29 is 18.0 Å². The zero-order valence-corrected chi connectivity index (χ0v) is 17.5. The molecule has 0 N–H and O–H groups in total. The summed E-state index contributed by atoms with van der Waals surface area (Å²) in [5.41, 5.74) is 2.26. The number of alkyl halides is 3. The van der Waals surface area contributed by atoms with Crippen LogP contribution in [-0.4, -0.2) is 31.1 Å². The van der Waals surface area contributed by atoms with Crippen molar-refractivity contribution in [2.24, 2.45) is 0 Å². The predicted molar refractivity (Wildman–Crippen MR) is 113 cm³/mol. The number of hydrogen-bond acceptors (Lipinski definition) is 5. The average Bonchev–Trinajstić information content (AvgIpc) is 3.05. The van der Waals surface area contributed by atoms with Gasteiger partial charge >= 0.3 is 6.18 Å². The molecular formula is C22H17F3N4OS. The molecule has 0 saturated heterocycles. The summed E-state index contributed by atoms with van der Waals surface area (Å²) in [5, 5.41) is 0.608. The van der Waals surface area contributed by atoms with Gasteiger partial charge in [0.2, 0.25) is 5.82 Å². The van der Waals surface area contributed by atoms with E-state index in [0.29, 0.717) is 16.8 Å². The summed E-state index contributed by atoms with van der Waals surface area (Å²) in [6, 6.07) is 13.7. The largest absolute Gasteiger partial charge is 0.451 e. The Morgan fingerprint density at radius 1 is 1.06 bits per heavy atom. The monoisotopic (exact) mass is 442 g/mol. The molecule has 0 spiro atoms. The number of carbonyl (C=O) groups is 1. The molecule has 0 atom stereocenters. The van der Waals surface area contributed by atoms with Crippen LogP contribution in [0.15, 0.2) is 59.8 Å². The van der Waals surface area contributed by atoms with E-state index in [1.165, 1.54) is 6.07 Å². The molecule has 3 heterocycles. The van der Waals surface area contributed by atoms with E-state index in [0.717, 1.165) is 23.1 Å². The van der Waals surface area contributed by atoms with Crippen LogP contribution in [0.1, 0.15) is 27.6 Å². The van der Waals surface area contributed by atoms with Crippen molar-refractivity contribution in [3.63, 3.8) is 0 Å². The van der Waals surface area contributed by atoms with Gasteiger partial charge < -0.3 is 4.57 Å². The molecule has 0 radical (unpaired) electrons. The maximum atomic E-state index is 13.2. The predicted octanol–water partition coefficient (Wildman–Crippen LogP) is 5.43. The maximum Gasteiger partial charge on any atom is 0.451 e. The Labute approximate surface area is 180 Å². The van der Waals surface area contributed by atoms with Gasteiger partial charge in [0.1, 0.15) is 10.8 Å². The number of nitrogens with zero attached hydrogens (tertiary/aromatic N) is 4. The Kier molecular flexibility index (Phi) is 5.53. The van der Waals surface area contributed by atoms with E-state index in [9.17, 15) is 18.0 Å². The second kappa shape index (κ2) is 8.14. The van der Waals surface area contributed by atoms with Crippen LogP contribution in [0.4, 0.5) is 13.2 Å². The van der Waals surface area contributed by atoms with Crippen molar-refractivity contribution in [1.82, 2.24) is 19.5 Å². The van der Waals surface area contributed by atoms with Gasteiger partial charge in [0, 0.05) is 28.5 Å². The molecule has 5 nitrogen and oxygen atoms in total. The zero-order valence-electron chi connectivity index (χ0n) is 16.6. The minimum absolute atomic E-state index is 0.0508. The van der Waals surface area contributed by atoms with Gasteiger partial charge in [0.25, 0.3) is 0 Å². The first-order valence-corrected chi connectivity index (χ1v) is 10.3. The third-order valence-electron chi connectivity index (χ3n) is 4.77. The maximum absolute atomic E-state index is 13.2. The SMILES string of the molecule is Cc1cc(C(=O)CSc2nc(C(F)(F)F)nc3ccccc23)c(C)n1-c1ccccn1. The molecule has 9 heteroatoms. The molecule has 1 aromatic carbocycles. The van der Waals surface area contributed by atoms with Crippen LogP contribution in [-0.2, 0) is 6.18 Å². The number of para-hydroxylation sites is 1. The highest BCUT2D eigenvalue weighted by molar-refractivity contribution is 8.00. The van der Waals surface area contributed by atoms with E-state index < -0.39 is 12.0 Å². The lowest BCUT2D eigenvalue weighted by Gasteiger charge is -2.10. The number of thioether (sulfide) groups is 1. The Balaban J connectivity index is 1.64. The number of rotatable bonds is 5. The van der Waals surface area contributed by atoms with E-state index in [2.05, 4.69) is 15.0 Å². The molecular weight excluding hydrogens is 425 g/mol. The number of benzene rings is 1. The number of aryl methyl sites for hydroxylation is 1. The lowest BCUT2D eigenvalue weighted by Crippen LogP contribution is -2.12. The third kappa shape index (κ3) is 4.18. The fraction of sp³-hybridized carbons (Fsp3) is 0.182. The van der Waals surface area contributed by atoms with E-state index in [1.54, 1.807) is 30.5 Å². The van der Waals surface area contributed by atoms with Gasteiger partial charge in [-0.1, -0.05) is 36.0 Å². The van der Waals surface area contributed by atoms with E-state index in [-0.39, 0.29) is 22.1 Å². The van der Waals surface area contributed by atoms with Crippen LogP contribution >= 0.6 is 11.8 Å². The van der Waals surface area contributed by atoms with Gasteiger partial charge in [-0.2, -0.15) is 13.2 Å². The summed E-state index contributed by atoms with van der Waals surface area (Å²) < 4.78 is 41.5. The number of fused-ring (bicyclic) bond motifs is 1. The summed E-state index contributed by atoms with van der Waals surface area (Å²) in [6.45, 7) is 3.70. The second-order valence-corrected chi connectivity index (χ2v) is 7.85. The molecule has 158 valence electrons. The fourth-order valence-corrected chi connectivity index (χ4v) is 4.28. The summed E-state index contributed by atoms with van der Waals surface area (Å²) in [4.78, 5) is 24.6. The lowest BCUT2D eigenvalue weighted by atomic mass is 10.2. The summed E-state index contributed by atoms with van der Waals surface area (Å²) in [5.74, 6) is -0.767. The molecule has 0 bridgehead atoms. The molecule has 0 aliphatic heterocycles. The summed E-state index contributed by atoms with van der Waals surface area (Å²) >= 11 is 0.977. The Morgan fingerprint density at radius 3 is 2.52 bits per heavy atom. The van der Waals surface area contributed by atoms with Crippen molar-refractivity contribution in [3.8, 4) is 5.82 Å². The molecule has 0 fully saturated rings. The summed E-state index contributed by atoms with van der Waals surface area (Å²) in [6.07, 6.45) is -3.00. The number of Topliss-reactive ketones (excluding diaryl/α,β-unsaturated/α-hetero) is 1. The highest BCUT2D eigenvalue weighted by atomic mass is 32.2. The number of ketones is 1. The van der Waals surface area contributed by atoms with Crippen LogP contribution in [0.2, 0.25) is 0 Å². The number of carbonyl (C=O) groups excluding carboxylic acids is 1. The molecule has 0 unspecified atom stereocenters. The molecule has 0 amide bonds. The molecule has 0 aliphatic rings. The standard InChI is InChI=1S/C22H17F3N4OS/c1-13-11-16(14(2)29(13)19-9-5-6-10-26-19)18(30)12-31-20-15-7-3-4-8-17(15)27-21(28-20)22(23,24)25/h3-11H,12H2,1-2H3. The van der Waals surface area contributed by atoms with Gasteiger partial charge in [0.05, 0.1) is 11.3 Å². The second-order valence-electron chi connectivity index (χ2n) is 6.89. The molecule has 31 heavy (non-hydrogen) atoms. The minimum atomic E-state index is -4.67. The lowest BCUT2D eigenvalue weighted by molar-refractivity contribution is -0.145. The molecule has 3 aromatic heterocycles. The van der Waals surface area contributed by atoms with Gasteiger partial charge in [-0.15, -0.1) is 0 Å². The van der Waals surface area contributed by atoms with Crippen molar-refractivity contribution >= 4 is 28.4 Å². The van der Waals surface area contributed by atoms with Crippen LogP contribution in [0.25, 0.3) is 16.7 Å². The third-order valence-corrected chi connectivity index (χ3v) is 5.76. The average molecular weight is 442 g/mol. The van der Waals surface area contributed by atoms with Crippen molar-refractivity contribution in [1.29, 1.82) is 0 Å². The quantitative estimate of drug-likeness (QED) is 0.234. The first-order valence-electron chi connectivity index (χ1n) is 9.36. The van der Waals surface area contributed by atoms with Crippen LogP contribution in [0.5, 0.6) is 0 Å². The van der Waals surface area contributed by atoms with E-state index >= 15 is 0 Å². The van der Waals surface area contributed by atoms with Gasteiger partial charge in [-0.05, 0) is 38.1 Å². The van der Waals surface area contributed by atoms with E-state index in [4.69, 9.17) is 0 Å². The number of aromatic nitrogens is 4. The molecule has 4 aromatic rings. The first-order chi connectivity index (χ1) is 14.8. The highest BCUT2D eigenvalue weighted by Crippen LogP contribution is 2.32. The highest BCUT2D eigenvalue weighted by Gasteiger charge is 2.35. The van der Waals surface area contributed by atoms with Crippen molar-refractivity contribution in [2.45, 2.75) is 25.0 Å². The Morgan fingerprint density at radius 2 is 1.81 bits per heavy atom. The van der Waals surface area contributed by atoms with Crippen molar-refractivity contribution in [3.05, 3.63) is 77.5 Å². The molecule has 0 aliphatic carbocycles. The normalized spacial score (nSPS) is 11.8. The molecule has 4 rings (SSSR count). The zero-order chi connectivity index (χ0) is 22.2. The van der Waals surface area contributed by atoms with Crippen LogP contribution in [0, 0.1) is 13.8 Å². The Bertz CT molecular complexity index is 1270.